The molecule has 102 valence electrons. The first kappa shape index (κ1) is 15.2. The number of amidine groups is 1. The van der Waals surface area contributed by atoms with E-state index in [2.05, 4.69) is 29.1 Å². The van der Waals surface area contributed by atoms with E-state index in [1.165, 1.54) is 11.8 Å². The first-order valence-corrected chi connectivity index (χ1v) is 7.39. The first-order valence-electron chi connectivity index (χ1n) is 6.40. The maximum absolute atomic E-state index is 11.6. The quantitative estimate of drug-likeness (QED) is 0.735. The van der Waals surface area contributed by atoms with Crippen LogP contribution in [0.3, 0.4) is 0 Å². The number of thioether (sulfide) groups is 1. The molecule has 2 amide bonds. The molecular weight excluding hydrogens is 250 g/mol. The van der Waals surface area contributed by atoms with Crippen molar-refractivity contribution >= 4 is 28.7 Å². The van der Waals surface area contributed by atoms with Crippen LogP contribution in [0, 0.1) is 5.92 Å². The second-order valence-corrected chi connectivity index (χ2v) is 5.16. The van der Waals surface area contributed by atoms with Gasteiger partial charge in [-0.2, -0.15) is 4.99 Å². The van der Waals surface area contributed by atoms with Gasteiger partial charge in [-0.3, -0.25) is 9.59 Å². The highest BCUT2D eigenvalue weighted by atomic mass is 32.2. The molecule has 1 atom stereocenters. The maximum Gasteiger partial charge on any atom is 0.260 e. The van der Waals surface area contributed by atoms with E-state index in [0.717, 1.165) is 25.4 Å². The van der Waals surface area contributed by atoms with Crippen LogP contribution in [0.1, 0.15) is 27.2 Å². The molecule has 5 nitrogen and oxygen atoms in total. The Balaban J connectivity index is 2.44. The lowest BCUT2D eigenvalue weighted by Gasteiger charge is -2.20. The van der Waals surface area contributed by atoms with Crippen LogP contribution in [-0.4, -0.2) is 47.3 Å². The topological polar surface area (TPSA) is 61.8 Å². The molecule has 6 heteroatoms. The van der Waals surface area contributed by atoms with E-state index in [4.69, 9.17) is 0 Å². The van der Waals surface area contributed by atoms with E-state index in [1.807, 2.05) is 6.92 Å². The van der Waals surface area contributed by atoms with Crippen molar-refractivity contribution in [2.24, 2.45) is 10.9 Å². The Kier molecular flexibility index (Phi) is 6.35. The fourth-order valence-corrected chi connectivity index (χ4v) is 2.62. The summed E-state index contributed by atoms with van der Waals surface area (Å²) in [6.07, 6.45) is 0.506. The van der Waals surface area contributed by atoms with Gasteiger partial charge < -0.3 is 10.2 Å². The summed E-state index contributed by atoms with van der Waals surface area (Å²) >= 11 is 1.43. The van der Waals surface area contributed by atoms with E-state index in [-0.39, 0.29) is 11.8 Å². The molecule has 0 aromatic rings. The predicted octanol–water partition coefficient (Wildman–Crippen LogP) is 1.10. The summed E-state index contributed by atoms with van der Waals surface area (Å²) in [5.41, 5.74) is 0. The minimum atomic E-state index is -0.600. The van der Waals surface area contributed by atoms with Crippen molar-refractivity contribution in [1.29, 1.82) is 0 Å². The highest BCUT2D eigenvalue weighted by Gasteiger charge is 2.30. The summed E-state index contributed by atoms with van der Waals surface area (Å²) in [4.78, 5) is 29.4. The van der Waals surface area contributed by atoms with Crippen molar-refractivity contribution in [2.45, 2.75) is 27.2 Å². The Morgan fingerprint density at radius 1 is 1.28 bits per heavy atom. The third kappa shape index (κ3) is 4.10. The van der Waals surface area contributed by atoms with Crippen LogP contribution in [0.25, 0.3) is 0 Å². The Labute approximate surface area is 112 Å². The van der Waals surface area contributed by atoms with E-state index in [0.29, 0.717) is 11.6 Å². The number of amides is 2. The van der Waals surface area contributed by atoms with E-state index in [9.17, 15) is 9.59 Å². The van der Waals surface area contributed by atoms with Crippen molar-refractivity contribution in [1.82, 2.24) is 10.2 Å². The zero-order valence-corrected chi connectivity index (χ0v) is 12.0. The van der Waals surface area contributed by atoms with Gasteiger partial charge in [0, 0.05) is 12.3 Å². The van der Waals surface area contributed by atoms with Crippen molar-refractivity contribution in [3.8, 4) is 0 Å². The molecule has 1 N–H and O–H groups in total. The van der Waals surface area contributed by atoms with Gasteiger partial charge in [-0.25, -0.2) is 0 Å². The molecule has 0 fully saturated rings. The minimum absolute atomic E-state index is 0.220. The number of nitrogens with zero attached hydrogens (tertiary/aromatic N) is 2. The third-order valence-corrected chi connectivity index (χ3v) is 3.86. The molecule has 0 aliphatic carbocycles. The Bertz CT molecular complexity index is 340. The number of carbonyl (C=O) groups is 2. The molecule has 1 heterocycles. The van der Waals surface area contributed by atoms with Crippen LogP contribution in [0.2, 0.25) is 0 Å². The van der Waals surface area contributed by atoms with Gasteiger partial charge in [0.1, 0.15) is 5.92 Å². The van der Waals surface area contributed by atoms with Crippen LogP contribution in [0.5, 0.6) is 0 Å². The Hall–Kier alpha value is -0.880. The van der Waals surface area contributed by atoms with Crippen molar-refractivity contribution in [3.63, 3.8) is 0 Å². The number of hydrogen-bond donors (Lipinski definition) is 1. The highest BCUT2D eigenvalue weighted by Crippen LogP contribution is 2.14. The molecule has 1 unspecified atom stereocenters. The van der Waals surface area contributed by atoms with Crippen molar-refractivity contribution in [3.05, 3.63) is 0 Å². The van der Waals surface area contributed by atoms with Crippen LogP contribution in [-0.2, 0) is 9.59 Å². The van der Waals surface area contributed by atoms with Crippen LogP contribution in [0.15, 0.2) is 4.99 Å². The summed E-state index contributed by atoms with van der Waals surface area (Å²) < 4.78 is 0. The molecule has 0 saturated carbocycles. The van der Waals surface area contributed by atoms with Gasteiger partial charge in [-0.1, -0.05) is 32.5 Å². The summed E-state index contributed by atoms with van der Waals surface area (Å²) in [7, 11) is 0. The summed E-state index contributed by atoms with van der Waals surface area (Å²) in [6.45, 7) is 8.99. The lowest BCUT2D eigenvalue weighted by atomic mass is 10.0. The zero-order chi connectivity index (χ0) is 13.5. The third-order valence-electron chi connectivity index (χ3n) is 3.01. The van der Waals surface area contributed by atoms with E-state index < -0.39 is 5.92 Å². The average molecular weight is 271 g/mol. The second-order valence-electron chi connectivity index (χ2n) is 4.08. The van der Waals surface area contributed by atoms with Crippen LogP contribution in [0.4, 0.5) is 0 Å². The number of carbonyl (C=O) groups excluding carboxylic acids is 2. The lowest BCUT2D eigenvalue weighted by Crippen LogP contribution is -2.42. The van der Waals surface area contributed by atoms with Gasteiger partial charge in [0.15, 0.2) is 5.17 Å². The van der Waals surface area contributed by atoms with Crippen LogP contribution >= 0.6 is 11.8 Å². The monoisotopic (exact) mass is 271 g/mol. The minimum Gasteiger partial charge on any atom is -0.304 e. The van der Waals surface area contributed by atoms with Gasteiger partial charge in [0.2, 0.25) is 5.91 Å². The van der Waals surface area contributed by atoms with E-state index in [1.54, 1.807) is 0 Å². The molecular formula is C12H21N3O2S. The summed E-state index contributed by atoms with van der Waals surface area (Å²) in [5.74, 6) is -0.309. The molecule has 1 rings (SSSR count). The molecule has 18 heavy (non-hydrogen) atoms. The maximum atomic E-state index is 11.6. The molecule has 1 aliphatic rings. The Morgan fingerprint density at radius 3 is 2.44 bits per heavy atom. The van der Waals surface area contributed by atoms with Gasteiger partial charge in [0.25, 0.3) is 5.91 Å². The smallest absolute Gasteiger partial charge is 0.260 e. The van der Waals surface area contributed by atoms with Gasteiger partial charge in [-0.05, 0) is 19.5 Å². The van der Waals surface area contributed by atoms with Crippen molar-refractivity contribution in [2.75, 3.05) is 25.4 Å². The molecule has 0 aromatic heterocycles. The van der Waals surface area contributed by atoms with E-state index >= 15 is 0 Å². The van der Waals surface area contributed by atoms with Gasteiger partial charge in [0.05, 0.1) is 0 Å². The van der Waals surface area contributed by atoms with Gasteiger partial charge in [-0.15, -0.1) is 0 Å². The number of aliphatic imine (C=N–C) groups is 1. The SMILES string of the molecule is CCC1C(=O)N=C(SCCN(CC)CC)NC1=O. The molecule has 1 aliphatic heterocycles. The van der Waals surface area contributed by atoms with Gasteiger partial charge >= 0.3 is 0 Å². The fraction of sp³-hybridized carbons (Fsp3) is 0.750. The molecule has 0 spiro atoms. The normalized spacial score (nSPS) is 20.0. The molecule has 0 aromatic carbocycles. The number of nitrogens with one attached hydrogen (secondary N) is 1. The average Bonchev–Trinajstić information content (AvgIpc) is 2.34. The Morgan fingerprint density at radius 2 is 1.94 bits per heavy atom. The zero-order valence-electron chi connectivity index (χ0n) is 11.2. The molecule has 0 saturated heterocycles. The lowest BCUT2D eigenvalue weighted by molar-refractivity contribution is -0.133. The summed E-state index contributed by atoms with van der Waals surface area (Å²) in [5, 5.41) is 3.14. The second kappa shape index (κ2) is 7.53. The van der Waals surface area contributed by atoms with Crippen molar-refractivity contribution < 1.29 is 9.59 Å². The van der Waals surface area contributed by atoms with Crippen LogP contribution < -0.4 is 5.32 Å². The standard InChI is InChI=1S/C12H21N3O2S/c1-4-9-10(16)13-12(14-11(9)17)18-8-7-15(5-2)6-3/h9H,4-8H2,1-3H3,(H,13,14,16,17). The fourth-order valence-electron chi connectivity index (χ4n) is 1.75. The number of rotatable bonds is 6. The largest absolute Gasteiger partial charge is 0.304 e. The first-order chi connectivity index (χ1) is 8.62. The molecule has 0 bridgehead atoms. The highest BCUT2D eigenvalue weighted by molar-refractivity contribution is 8.13. The molecule has 0 radical (unpaired) electrons. The predicted molar refractivity (Wildman–Crippen MR) is 74.6 cm³/mol. The summed E-state index contributed by atoms with van der Waals surface area (Å²) in [6, 6.07) is 0. The number of hydrogen-bond acceptors (Lipinski definition) is 4.